The molecule has 1 heterocycles. The molecular weight excluding hydrogens is 220 g/mol. The smallest absolute Gasteiger partial charge is 0.337 e. The second-order valence-corrected chi connectivity index (χ2v) is 3.87. The van der Waals surface area contributed by atoms with Gasteiger partial charge >= 0.3 is 6.01 Å². The molecule has 92 valence electrons. The first kappa shape index (κ1) is 11.6. The van der Waals surface area contributed by atoms with E-state index in [2.05, 4.69) is 26.6 Å². The Bertz CT molecular complexity index is 413. The molecule has 2 N–H and O–H groups in total. The van der Waals surface area contributed by atoms with Crippen molar-refractivity contribution in [2.75, 3.05) is 11.9 Å². The van der Waals surface area contributed by atoms with Gasteiger partial charge in [0, 0.05) is 5.92 Å². The molecule has 1 aromatic rings. The van der Waals surface area contributed by atoms with Crippen molar-refractivity contribution >= 4 is 11.9 Å². The summed E-state index contributed by atoms with van der Waals surface area (Å²) < 4.78 is 5.10. The van der Waals surface area contributed by atoms with E-state index in [1.165, 1.54) is 0 Å². The Balaban J connectivity index is 1.90. The molecule has 2 rings (SSSR count). The topological polar surface area (TPSA) is 79.9 Å². The summed E-state index contributed by atoms with van der Waals surface area (Å²) in [5.74, 6) is 0.349. The van der Waals surface area contributed by atoms with Crippen molar-refractivity contribution in [2.45, 2.75) is 26.2 Å². The quantitative estimate of drug-likeness (QED) is 0.776. The molecule has 0 bridgehead atoms. The average Bonchev–Trinajstić information content (AvgIpc) is 2.78. The standard InChI is InChI=1S/C11H16N4O2/c1-2-17-11-13-10(14-15-11)12-9(16)8-6-4-3-5-7-8/h3-4,8H,2,5-7H2,1H3,(H2,12,13,14,15,16). The highest BCUT2D eigenvalue weighted by atomic mass is 16.5. The lowest BCUT2D eigenvalue weighted by atomic mass is 9.94. The molecule has 1 aromatic heterocycles. The molecule has 6 heteroatoms. The Morgan fingerprint density at radius 3 is 3.24 bits per heavy atom. The van der Waals surface area contributed by atoms with Crippen molar-refractivity contribution in [3.05, 3.63) is 12.2 Å². The van der Waals surface area contributed by atoms with E-state index < -0.39 is 0 Å². The maximum atomic E-state index is 11.9. The van der Waals surface area contributed by atoms with Crippen LogP contribution in [-0.4, -0.2) is 27.7 Å². The summed E-state index contributed by atoms with van der Waals surface area (Å²) in [7, 11) is 0. The molecular formula is C11H16N4O2. The highest BCUT2D eigenvalue weighted by Crippen LogP contribution is 2.19. The van der Waals surface area contributed by atoms with Crippen molar-refractivity contribution < 1.29 is 9.53 Å². The molecule has 1 unspecified atom stereocenters. The minimum atomic E-state index is -0.0199. The predicted octanol–water partition coefficient (Wildman–Crippen LogP) is 1.50. The third-order valence-electron chi connectivity index (χ3n) is 2.62. The molecule has 0 radical (unpaired) electrons. The largest absolute Gasteiger partial charge is 0.463 e. The summed E-state index contributed by atoms with van der Waals surface area (Å²) >= 11 is 0. The fourth-order valence-corrected chi connectivity index (χ4v) is 1.75. The highest BCUT2D eigenvalue weighted by molar-refractivity contribution is 5.91. The number of aromatic nitrogens is 3. The van der Waals surface area contributed by atoms with E-state index in [4.69, 9.17) is 4.74 Å². The first-order valence-electron chi connectivity index (χ1n) is 5.80. The Morgan fingerprint density at radius 2 is 2.53 bits per heavy atom. The first-order chi connectivity index (χ1) is 8.29. The maximum absolute atomic E-state index is 11.9. The first-order valence-corrected chi connectivity index (χ1v) is 5.80. The minimum Gasteiger partial charge on any atom is -0.463 e. The Morgan fingerprint density at radius 1 is 1.65 bits per heavy atom. The molecule has 1 aliphatic carbocycles. The van der Waals surface area contributed by atoms with Crippen molar-refractivity contribution in [3.63, 3.8) is 0 Å². The number of allylic oxidation sites excluding steroid dienone is 2. The van der Waals surface area contributed by atoms with E-state index in [-0.39, 0.29) is 17.8 Å². The van der Waals surface area contributed by atoms with E-state index in [0.717, 1.165) is 19.3 Å². The normalized spacial score (nSPS) is 19.0. The number of hydrogen-bond donors (Lipinski definition) is 2. The molecule has 0 saturated heterocycles. The lowest BCUT2D eigenvalue weighted by Gasteiger charge is -2.15. The number of nitrogens with one attached hydrogen (secondary N) is 2. The summed E-state index contributed by atoms with van der Waals surface area (Å²) in [5.41, 5.74) is 0. The Labute approximate surface area is 99.5 Å². The number of amides is 1. The lowest BCUT2D eigenvalue weighted by Crippen LogP contribution is -2.24. The van der Waals surface area contributed by atoms with E-state index in [1.54, 1.807) is 0 Å². The molecule has 0 aliphatic heterocycles. The van der Waals surface area contributed by atoms with E-state index in [0.29, 0.717) is 12.6 Å². The van der Waals surface area contributed by atoms with Gasteiger partial charge in [-0.1, -0.05) is 12.2 Å². The number of nitrogens with zero attached hydrogens (tertiary/aromatic N) is 2. The number of carbonyl (C=O) groups is 1. The van der Waals surface area contributed by atoms with Gasteiger partial charge in [-0.25, -0.2) is 5.10 Å². The van der Waals surface area contributed by atoms with Gasteiger partial charge in [-0.3, -0.25) is 10.1 Å². The fraction of sp³-hybridized carbons (Fsp3) is 0.545. The van der Waals surface area contributed by atoms with Crippen LogP contribution in [-0.2, 0) is 4.79 Å². The van der Waals surface area contributed by atoms with Gasteiger partial charge in [-0.05, 0) is 26.2 Å². The van der Waals surface area contributed by atoms with Crippen LogP contribution >= 0.6 is 0 Å². The minimum absolute atomic E-state index is 0.0199. The van der Waals surface area contributed by atoms with Crippen LogP contribution in [0, 0.1) is 5.92 Å². The number of carbonyl (C=O) groups excluding carboxylic acids is 1. The molecule has 1 atom stereocenters. The summed E-state index contributed by atoms with van der Waals surface area (Å²) in [6.07, 6.45) is 6.77. The summed E-state index contributed by atoms with van der Waals surface area (Å²) in [4.78, 5) is 15.9. The van der Waals surface area contributed by atoms with E-state index >= 15 is 0 Å². The molecule has 17 heavy (non-hydrogen) atoms. The molecule has 0 fully saturated rings. The second-order valence-electron chi connectivity index (χ2n) is 3.87. The number of H-pyrrole nitrogens is 1. The van der Waals surface area contributed by atoms with Crippen molar-refractivity contribution in [2.24, 2.45) is 5.92 Å². The number of hydrogen-bond acceptors (Lipinski definition) is 4. The van der Waals surface area contributed by atoms with Crippen LogP contribution in [0.1, 0.15) is 26.2 Å². The van der Waals surface area contributed by atoms with Crippen LogP contribution in [0.15, 0.2) is 12.2 Å². The molecule has 1 aliphatic rings. The van der Waals surface area contributed by atoms with Gasteiger partial charge in [0.1, 0.15) is 0 Å². The summed E-state index contributed by atoms with van der Waals surface area (Å²) in [5, 5.41) is 9.15. The van der Waals surface area contributed by atoms with Crippen LogP contribution in [0.5, 0.6) is 6.01 Å². The number of ether oxygens (including phenoxy) is 1. The number of aromatic amines is 1. The van der Waals surface area contributed by atoms with Crippen LogP contribution in [0.25, 0.3) is 0 Å². The van der Waals surface area contributed by atoms with E-state index in [9.17, 15) is 4.79 Å². The third kappa shape index (κ3) is 3.05. The molecule has 1 amide bonds. The van der Waals surface area contributed by atoms with Crippen molar-refractivity contribution in [1.82, 2.24) is 15.2 Å². The van der Waals surface area contributed by atoms with Crippen LogP contribution in [0.2, 0.25) is 0 Å². The molecule has 6 nitrogen and oxygen atoms in total. The van der Waals surface area contributed by atoms with Gasteiger partial charge in [-0.15, -0.1) is 5.10 Å². The zero-order chi connectivity index (χ0) is 12.1. The summed E-state index contributed by atoms with van der Waals surface area (Å²) in [6.45, 7) is 2.35. The summed E-state index contributed by atoms with van der Waals surface area (Å²) in [6, 6.07) is 0.256. The molecule has 0 spiro atoms. The van der Waals surface area contributed by atoms with Gasteiger partial charge in [0.15, 0.2) is 0 Å². The SMILES string of the molecule is CCOc1n[nH]c(NC(=O)C2CC=CCC2)n1. The van der Waals surface area contributed by atoms with Gasteiger partial charge < -0.3 is 4.74 Å². The van der Waals surface area contributed by atoms with Crippen LogP contribution in [0.3, 0.4) is 0 Å². The zero-order valence-corrected chi connectivity index (χ0v) is 9.77. The second kappa shape index (κ2) is 5.47. The van der Waals surface area contributed by atoms with Crippen LogP contribution < -0.4 is 10.1 Å². The highest BCUT2D eigenvalue weighted by Gasteiger charge is 2.19. The Kier molecular flexibility index (Phi) is 3.74. The van der Waals surface area contributed by atoms with Crippen molar-refractivity contribution in [3.8, 4) is 6.01 Å². The average molecular weight is 236 g/mol. The predicted molar refractivity (Wildman–Crippen MR) is 62.7 cm³/mol. The van der Waals surface area contributed by atoms with Gasteiger partial charge in [0.25, 0.3) is 0 Å². The van der Waals surface area contributed by atoms with Gasteiger partial charge in [-0.2, -0.15) is 4.98 Å². The monoisotopic (exact) mass is 236 g/mol. The number of anilines is 1. The van der Waals surface area contributed by atoms with Crippen LogP contribution in [0.4, 0.5) is 5.95 Å². The van der Waals surface area contributed by atoms with Gasteiger partial charge in [0.2, 0.25) is 11.9 Å². The lowest BCUT2D eigenvalue weighted by molar-refractivity contribution is -0.120. The fourth-order valence-electron chi connectivity index (χ4n) is 1.75. The number of rotatable bonds is 4. The van der Waals surface area contributed by atoms with E-state index in [1.807, 2.05) is 13.0 Å². The molecule has 0 aromatic carbocycles. The maximum Gasteiger partial charge on any atom is 0.337 e. The Hall–Kier alpha value is -1.85. The third-order valence-corrected chi connectivity index (χ3v) is 2.62. The van der Waals surface area contributed by atoms with Gasteiger partial charge in [0.05, 0.1) is 6.61 Å². The zero-order valence-electron chi connectivity index (χ0n) is 9.77. The van der Waals surface area contributed by atoms with Crippen molar-refractivity contribution in [1.29, 1.82) is 0 Å². The molecule has 0 saturated carbocycles.